The van der Waals surface area contributed by atoms with Gasteiger partial charge in [0.05, 0.1) is 4.47 Å². The maximum absolute atomic E-state index is 5.90. The Hall–Kier alpha value is -0.190. The molecule has 3 nitrogen and oxygen atoms in total. The van der Waals surface area contributed by atoms with E-state index in [-0.39, 0.29) is 0 Å². The van der Waals surface area contributed by atoms with Crippen molar-refractivity contribution in [2.45, 2.75) is 18.8 Å². The second-order valence-electron chi connectivity index (χ2n) is 3.25. The summed E-state index contributed by atoms with van der Waals surface area (Å²) in [4.78, 5) is 8.51. The first-order valence-electron chi connectivity index (χ1n) is 4.53. The predicted molar refractivity (Wildman–Crippen MR) is 57.5 cm³/mol. The van der Waals surface area contributed by atoms with Crippen LogP contribution in [0.4, 0.5) is 0 Å². The molecule has 0 bridgehead atoms. The summed E-state index contributed by atoms with van der Waals surface area (Å²) in [5, 5.41) is 0.487. The van der Waals surface area contributed by atoms with Crippen molar-refractivity contribution in [2.75, 3.05) is 13.2 Å². The van der Waals surface area contributed by atoms with Crippen molar-refractivity contribution < 1.29 is 4.74 Å². The maximum atomic E-state index is 5.90. The van der Waals surface area contributed by atoms with Gasteiger partial charge in [-0.05, 0) is 28.8 Å². The Morgan fingerprint density at radius 1 is 1.43 bits per heavy atom. The first-order valence-corrected chi connectivity index (χ1v) is 5.70. The van der Waals surface area contributed by atoms with E-state index in [1.54, 1.807) is 6.20 Å². The van der Waals surface area contributed by atoms with E-state index in [0.717, 1.165) is 36.4 Å². The Morgan fingerprint density at radius 3 is 2.79 bits per heavy atom. The molecule has 76 valence electrons. The lowest BCUT2D eigenvalue weighted by atomic mass is 10.00. The van der Waals surface area contributed by atoms with E-state index in [0.29, 0.717) is 11.1 Å². The van der Waals surface area contributed by atoms with Crippen LogP contribution in [0.25, 0.3) is 0 Å². The summed E-state index contributed by atoms with van der Waals surface area (Å²) in [5.41, 5.74) is 0. The van der Waals surface area contributed by atoms with Crippen LogP contribution in [0.5, 0.6) is 0 Å². The Balaban J connectivity index is 2.18. The van der Waals surface area contributed by atoms with Crippen LogP contribution in [0.2, 0.25) is 5.15 Å². The monoisotopic (exact) mass is 276 g/mol. The van der Waals surface area contributed by atoms with Gasteiger partial charge in [-0.3, -0.25) is 0 Å². The van der Waals surface area contributed by atoms with Gasteiger partial charge < -0.3 is 4.74 Å². The topological polar surface area (TPSA) is 35.0 Å². The van der Waals surface area contributed by atoms with Gasteiger partial charge in [0.2, 0.25) is 0 Å². The normalized spacial score (nSPS) is 18.4. The van der Waals surface area contributed by atoms with Crippen molar-refractivity contribution in [2.24, 2.45) is 0 Å². The highest BCUT2D eigenvalue weighted by Gasteiger charge is 2.19. The highest BCUT2D eigenvalue weighted by molar-refractivity contribution is 9.10. The van der Waals surface area contributed by atoms with Crippen molar-refractivity contribution in [3.63, 3.8) is 0 Å². The van der Waals surface area contributed by atoms with Crippen molar-refractivity contribution in [1.29, 1.82) is 0 Å². The minimum Gasteiger partial charge on any atom is -0.381 e. The minimum atomic E-state index is 0.398. The zero-order valence-corrected chi connectivity index (χ0v) is 9.88. The summed E-state index contributed by atoms with van der Waals surface area (Å²) in [5.74, 6) is 1.23. The smallest absolute Gasteiger partial charge is 0.146 e. The summed E-state index contributed by atoms with van der Waals surface area (Å²) >= 11 is 9.18. The summed E-state index contributed by atoms with van der Waals surface area (Å²) in [6, 6.07) is 0. The van der Waals surface area contributed by atoms with E-state index in [9.17, 15) is 0 Å². The van der Waals surface area contributed by atoms with Crippen LogP contribution in [0.1, 0.15) is 24.6 Å². The molecule has 14 heavy (non-hydrogen) atoms. The molecule has 1 aromatic heterocycles. The average Bonchev–Trinajstić information content (AvgIpc) is 2.23. The molecule has 2 heterocycles. The van der Waals surface area contributed by atoms with Crippen LogP contribution < -0.4 is 0 Å². The van der Waals surface area contributed by atoms with E-state index in [1.165, 1.54) is 0 Å². The Morgan fingerprint density at radius 2 is 2.14 bits per heavy atom. The molecule has 1 aliphatic heterocycles. The van der Waals surface area contributed by atoms with Crippen molar-refractivity contribution >= 4 is 27.5 Å². The summed E-state index contributed by atoms with van der Waals surface area (Å²) < 4.78 is 6.02. The van der Waals surface area contributed by atoms with E-state index in [2.05, 4.69) is 25.9 Å². The molecule has 0 radical (unpaired) electrons. The van der Waals surface area contributed by atoms with Crippen LogP contribution >= 0.6 is 27.5 Å². The average molecular weight is 278 g/mol. The van der Waals surface area contributed by atoms with Crippen LogP contribution in [0.3, 0.4) is 0 Å². The summed E-state index contributed by atoms with van der Waals surface area (Å²) in [7, 11) is 0. The SMILES string of the molecule is Clc1nc(C2CCOCC2)ncc1Br. The third-order valence-electron chi connectivity index (χ3n) is 2.31. The van der Waals surface area contributed by atoms with Gasteiger partial charge in [0.15, 0.2) is 0 Å². The molecule has 0 unspecified atom stereocenters. The molecule has 1 saturated heterocycles. The third-order valence-corrected chi connectivity index (χ3v) is 3.40. The van der Waals surface area contributed by atoms with Crippen molar-refractivity contribution in [1.82, 2.24) is 9.97 Å². The lowest BCUT2D eigenvalue weighted by Gasteiger charge is -2.20. The molecule has 0 amide bonds. The molecule has 0 aromatic carbocycles. The van der Waals surface area contributed by atoms with Crippen molar-refractivity contribution in [3.05, 3.63) is 21.6 Å². The molecule has 0 saturated carbocycles. The molecule has 0 aliphatic carbocycles. The van der Waals surface area contributed by atoms with Crippen LogP contribution in [0, 0.1) is 0 Å². The number of rotatable bonds is 1. The molecular weight excluding hydrogens is 267 g/mol. The molecule has 0 N–H and O–H groups in total. The lowest BCUT2D eigenvalue weighted by Crippen LogP contribution is -2.16. The highest BCUT2D eigenvalue weighted by atomic mass is 79.9. The first kappa shape index (κ1) is 10.3. The van der Waals surface area contributed by atoms with Gasteiger partial charge in [0.25, 0.3) is 0 Å². The fourth-order valence-electron chi connectivity index (χ4n) is 1.51. The number of ether oxygens (including phenoxy) is 1. The van der Waals surface area contributed by atoms with E-state index in [1.807, 2.05) is 0 Å². The molecule has 2 rings (SSSR count). The molecule has 0 spiro atoms. The molecule has 1 fully saturated rings. The Bertz CT molecular complexity index is 329. The van der Waals surface area contributed by atoms with Crippen LogP contribution in [-0.4, -0.2) is 23.2 Å². The minimum absolute atomic E-state index is 0.398. The van der Waals surface area contributed by atoms with Gasteiger partial charge in [-0.2, -0.15) is 0 Å². The Labute approximate surface area is 96.0 Å². The zero-order chi connectivity index (χ0) is 9.97. The summed E-state index contributed by atoms with van der Waals surface area (Å²) in [6.07, 6.45) is 3.68. The van der Waals surface area contributed by atoms with Crippen LogP contribution in [-0.2, 0) is 4.74 Å². The second kappa shape index (κ2) is 4.55. The van der Waals surface area contributed by atoms with Gasteiger partial charge in [-0.15, -0.1) is 0 Å². The highest BCUT2D eigenvalue weighted by Crippen LogP contribution is 2.26. The molecule has 1 aliphatic rings. The van der Waals surface area contributed by atoms with Gasteiger partial charge in [-0.1, -0.05) is 11.6 Å². The van der Waals surface area contributed by atoms with Gasteiger partial charge in [0, 0.05) is 25.3 Å². The molecule has 5 heteroatoms. The zero-order valence-electron chi connectivity index (χ0n) is 7.54. The maximum Gasteiger partial charge on any atom is 0.146 e. The predicted octanol–water partition coefficient (Wildman–Crippen LogP) is 2.79. The summed E-state index contributed by atoms with van der Waals surface area (Å²) in [6.45, 7) is 1.59. The Kier molecular flexibility index (Phi) is 3.36. The fourth-order valence-corrected chi connectivity index (χ4v) is 1.84. The van der Waals surface area contributed by atoms with Gasteiger partial charge in [0.1, 0.15) is 11.0 Å². The molecule has 0 atom stereocenters. The van der Waals surface area contributed by atoms with Gasteiger partial charge in [-0.25, -0.2) is 9.97 Å². The van der Waals surface area contributed by atoms with E-state index >= 15 is 0 Å². The molecule has 1 aromatic rings. The van der Waals surface area contributed by atoms with Crippen molar-refractivity contribution in [3.8, 4) is 0 Å². The molecular formula is C9H10BrClN2O. The largest absolute Gasteiger partial charge is 0.381 e. The first-order chi connectivity index (χ1) is 6.77. The quantitative estimate of drug-likeness (QED) is 0.740. The number of halogens is 2. The number of hydrogen-bond acceptors (Lipinski definition) is 3. The van der Waals surface area contributed by atoms with E-state index in [4.69, 9.17) is 16.3 Å². The second-order valence-corrected chi connectivity index (χ2v) is 4.47. The van der Waals surface area contributed by atoms with Gasteiger partial charge >= 0.3 is 0 Å². The number of aromatic nitrogens is 2. The number of nitrogens with zero attached hydrogens (tertiary/aromatic N) is 2. The third kappa shape index (κ3) is 2.24. The standard InChI is InChI=1S/C9H10BrClN2O/c10-7-5-12-9(13-8(7)11)6-1-3-14-4-2-6/h5-6H,1-4H2. The van der Waals surface area contributed by atoms with E-state index < -0.39 is 0 Å². The number of hydrogen-bond donors (Lipinski definition) is 0. The lowest BCUT2D eigenvalue weighted by molar-refractivity contribution is 0.0836. The van der Waals surface area contributed by atoms with Crippen LogP contribution in [0.15, 0.2) is 10.7 Å². The fraction of sp³-hybridized carbons (Fsp3) is 0.556.